The van der Waals surface area contributed by atoms with E-state index in [1.54, 1.807) is 24.3 Å². The zero-order valence-electron chi connectivity index (χ0n) is 9.93. The molecule has 0 radical (unpaired) electrons. The Morgan fingerprint density at radius 1 is 1.44 bits per heavy atom. The average molecular weight is 266 g/mol. The van der Waals surface area contributed by atoms with E-state index in [-0.39, 0.29) is 24.4 Å². The lowest BCUT2D eigenvalue weighted by Gasteiger charge is -2.15. The Kier molecular flexibility index (Phi) is 5.14. The minimum absolute atomic E-state index is 0. The van der Waals surface area contributed by atoms with E-state index >= 15 is 0 Å². The second-order valence-electron chi connectivity index (χ2n) is 4.34. The summed E-state index contributed by atoms with van der Waals surface area (Å²) in [5.74, 6) is 0.430. The number of carbonyl (C=O) groups excluding carboxylic acids is 1. The van der Waals surface area contributed by atoms with Gasteiger partial charge in [-0.25, -0.2) is 0 Å². The van der Waals surface area contributed by atoms with Gasteiger partial charge in [0.25, 0.3) is 5.91 Å². The van der Waals surface area contributed by atoms with Crippen molar-refractivity contribution in [1.29, 1.82) is 5.26 Å². The predicted molar refractivity (Wildman–Crippen MR) is 71.4 cm³/mol. The van der Waals surface area contributed by atoms with E-state index in [4.69, 9.17) is 11.0 Å². The Hall–Kier alpha value is -1.57. The summed E-state index contributed by atoms with van der Waals surface area (Å²) in [6.45, 7) is 0.479. The molecule has 1 aromatic rings. The number of nitrogens with zero attached hydrogens (tertiary/aromatic N) is 1. The van der Waals surface area contributed by atoms with Gasteiger partial charge in [-0.3, -0.25) is 4.79 Å². The van der Waals surface area contributed by atoms with Gasteiger partial charge in [-0.1, -0.05) is 0 Å². The van der Waals surface area contributed by atoms with Crippen molar-refractivity contribution in [3.8, 4) is 6.07 Å². The van der Waals surface area contributed by atoms with Gasteiger partial charge in [0.2, 0.25) is 0 Å². The number of benzene rings is 1. The minimum atomic E-state index is -0.114. The molecule has 4 nitrogen and oxygen atoms in total. The standard InChI is InChI=1S/C13H15N3O.ClH/c14-7-9-1-3-11(4-2-9)13(17)16-12(8-15)10-5-6-10;/h1-4,10,12H,5-6,8,15H2,(H,16,17);1H. The molecule has 2 rings (SSSR count). The Bertz CT molecular complexity index is 448. The van der Waals surface area contributed by atoms with Crippen LogP contribution in [0.4, 0.5) is 0 Å². The van der Waals surface area contributed by atoms with E-state index in [1.165, 1.54) is 0 Å². The monoisotopic (exact) mass is 265 g/mol. The molecule has 96 valence electrons. The summed E-state index contributed by atoms with van der Waals surface area (Å²) in [4.78, 5) is 11.9. The number of hydrogen-bond donors (Lipinski definition) is 2. The van der Waals surface area contributed by atoms with Crippen LogP contribution in [0.3, 0.4) is 0 Å². The maximum Gasteiger partial charge on any atom is 0.251 e. The topological polar surface area (TPSA) is 78.9 Å². The van der Waals surface area contributed by atoms with Crippen molar-refractivity contribution in [2.24, 2.45) is 11.7 Å². The average Bonchev–Trinajstić information content (AvgIpc) is 3.20. The molecule has 0 saturated heterocycles. The van der Waals surface area contributed by atoms with Crippen LogP contribution in [-0.2, 0) is 0 Å². The highest BCUT2D eigenvalue weighted by Crippen LogP contribution is 2.32. The van der Waals surface area contributed by atoms with Crippen molar-refractivity contribution < 1.29 is 4.79 Å². The Morgan fingerprint density at radius 3 is 2.50 bits per heavy atom. The normalized spacial score (nSPS) is 15.1. The summed E-state index contributed by atoms with van der Waals surface area (Å²) in [7, 11) is 0. The number of nitriles is 1. The van der Waals surface area contributed by atoms with Crippen LogP contribution in [0.15, 0.2) is 24.3 Å². The highest BCUT2D eigenvalue weighted by atomic mass is 35.5. The van der Waals surface area contributed by atoms with E-state index in [0.29, 0.717) is 23.6 Å². The summed E-state index contributed by atoms with van der Waals surface area (Å²) in [6.07, 6.45) is 2.30. The Morgan fingerprint density at radius 2 is 2.06 bits per heavy atom. The molecule has 0 aromatic heterocycles. The van der Waals surface area contributed by atoms with E-state index in [0.717, 1.165) is 12.8 Å². The maximum absolute atomic E-state index is 11.9. The molecule has 1 unspecified atom stereocenters. The SMILES string of the molecule is Cl.N#Cc1ccc(C(=O)NC(CN)C2CC2)cc1. The molecule has 1 saturated carbocycles. The molecule has 1 aliphatic rings. The van der Waals surface area contributed by atoms with Gasteiger partial charge in [-0.15, -0.1) is 12.4 Å². The first-order valence-electron chi connectivity index (χ1n) is 5.75. The molecular formula is C13H16ClN3O. The van der Waals surface area contributed by atoms with Crippen molar-refractivity contribution in [1.82, 2.24) is 5.32 Å². The first-order valence-corrected chi connectivity index (χ1v) is 5.75. The molecular weight excluding hydrogens is 250 g/mol. The number of halogens is 1. The molecule has 0 aliphatic heterocycles. The van der Waals surface area contributed by atoms with Crippen LogP contribution in [0, 0.1) is 17.2 Å². The van der Waals surface area contributed by atoms with E-state index in [1.807, 2.05) is 6.07 Å². The molecule has 1 fully saturated rings. The van der Waals surface area contributed by atoms with Crippen molar-refractivity contribution >= 4 is 18.3 Å². The van der Waals surface area contributed by atoms with Crippen molar-refractivity contribution in [2.75, 3.05) is 6.54 Å². The highest BCUT2D eigenvalue weighted by molar-refractivity contribution is 5.94. The summed E-state index contributed by atoms with van der Waals surface area (Å²) >= 11 is 0. The summed E-state index contributed by atoms with van der Waals surface area (Å²) in [5, 5.41) is 11.6. The third-order valence-electron chi connectivity index (χ3n) is 3.04. The van der Waals surface area contributed by atoms with Gasteiger partial charge in [0.05, 0.1) is 11.6 Å². The van der Waals surface area contributed by atoms with Crippen LogP contribution < -0.4 is 11.1 Å². The van der Waals surface area contributed by atoms with Gasteiger partial charge in [-0.2, -0.15) is 5.26 Å². The molecule has 5 heteroatoms. The smallest absolute Gasteiger partial charge is 0.251 e. The van der Waals surface area contributed by atoms with E-state index in [9.17, 15) is 4.79 Å². The van der Waals surface area contributed by atoms with Gasteiger partial charge in [-0.05, 0) is 43.0 Å². The van der Waals surface area contributed by atoms with Crippen LogP contribution in [0.5, 0.6) is 0 Å². The van der Waals surface area contributed by atoms with Gasteiger partial charge < -0.3 is 11.1 Å². The van der Waals surface area contributed by atoms with Crippen molar-refractivity contribution in [3.05, 3.63) is 35.4 Å². The molecule has 1 aliphatic carbocycles. The molecule has 3 N–H and O–H groups in total. The predicted octanol–water partition coefficient (Wildman–Crippen LogP) is 1.45. The van der Waals surface area contributed by atoms with Gasteiger partial charge >= 0.3 is 0 Å². The van der Waals surface area contributed by atoms with E-state index in [2.05, 4.69) is 5.32 Å². The molecule has 0 spiro atoms. The fourth-order valence-electron chi connectivity index (χ4n) is 1.82. The fourth-order valence-corrected chi connectivity index (χ4v) is 1.82. The number of hydrogen-bond acceptors (Lipinski definition) is 3. The number of rotatable bonds is 4. The van der Waals surface area contributed by atoms with Gasteiger partial charge in [0.1, 0.15) is 0 Å². The summed E-state index contributed by atoms with van der Waals surface area (Å²) < 4.78 is 0. The quantitative estimate of drug-likeness (QED) is 0.865. The minimum Gasteiger partial charge on any atom is -0.348 e. The number of nitrogens with one attached hydrogen (secondary N) is 1. The molecule has 0 bridgehead atoms. The Balaban J connectivity index is 0.00000162. The van der Waals surface area contributed by atoms with Gasteiger partial charge in [0, 0.05) is 18.2 Å². The molecule has 18 heavy (non-hydrogen) atoms. The zero-order chi connectivity index (χ0) is 12.3. The van der Waals surface area contributed by atoms with Crippen LogP contribution >= 0.6 is 12.4 Å². The van der Waals surface area contributed by atoms with Crippen LogP contribution in [-0.4, -0.2) is 18.5 Å². The van der Waals surface area contributed by atoms with Crippen molar-refractivity contribution in [2.45, 2.75) is 18.9 Å². The molecule has 1 amide bonds. The number of nitrogens with two attached hydrogens (primary N) is 1. The number of amides is 1. The lowest BCUT2D eigenvalue weighted by molar-refractivity contribution is 0.0933. The summed E-state index contributed by atoms with van der Waals surface area (Å²) in [6, 6.07) is 8.71. The fraction of sp³-hybridized carbons (Fsp3) is 0.385. The van der Waals surface area contributed by atoms with Crippen LogP contribution in [0.1, 0.15) is 28.8 Å². The zero-order valence-corrected chi connectivity index (χ0v) is 10.7. The Labute approximate surface area is 113 Å². The van der Waals surface area contributed by atoms with Crippen LogP contribution in [0.2, 0.25) is 0 Å². The van der Waals surface area contributed by atoms with Gasteiger partial charge in [0.15, 0.2) is 0 Å². The lowest BCUT2D eigenvalue weighted by atomic mass is 10.1. The summed E-state index contributed by atoms with van der Waals surface area (Å²) in [5.41, 5.74) is 6.75. The molecule has 0 heterocycles. The van der Waals surface area contributed by atoms with Crippen molar-refractivity contribution in [3.63, 3.8) is 0 Å². The number of carbonyl (C=O) groups is 1. The van der Waals surface area contributed by atoms with E-state index < -0.39 is 0 Å². The lowest BCUT2D eigenvalue weighted by Crippen LogP contribution is -2.41. The van der Waals surface area contributed by atoms with Crippen LogP contribution in [0.25, 0.3) is 0 Å². The first kappa shape index (κ1) is 14.5. The second-order valence-corrected chi connectivity index (χ2v) is 4.34. The third-order valence-corrected chi connectivity index (χ3v) is 3.04. The molecule has 1 atom stereocenters. The molecule has 1 aromatic carbocycles. The third kappa shape index (κ3) is 3.46. The first-order chi connectivity index (χ1) is 8.24. The largest absolute Gasteiger partial charge is 0.348 e. The maximum atomic E-state index is 11.9. The highest BCUT2D eigenvalue weighted by Gasteiger charge is 2.31. The second kappa shape index (κ2) is 6.39.